The van der Waals surface area contributed by atoms with Gasteiger partial charge in [-0.25, -0.2) is 4.79 Å². The SMILES string of the molecule is COc1cccc(C(=O)OC(C)C[NH+]2CCOCC2)c1.[Cl-]. The van der Waals surface area contributed by atoms with Gasteiger partial charge in [0.15, 0.2) is 0 Å². The van der Waals surface area contributed by atoms with Gasteiger partial charge >= 0.3 is 5.97 Å². The Morgan fingerprint density at radius 3 is 2.76 bits per heavy atom. The van der Waals surface area contributed by atoms with Crippen molar-refractivity contribution in [2.24, 2.45) is 0 Å². The third kappa shape index (κ3) is 5.53. The lowest BCUT2D eigenvalue weighted by Crippen LogP contribution is -3.15. The van der Waals surface area contributed by atoms with E-state index in [-0.39, 0.29) is 24.5 Å². The lowest BCUT2D eigenvalue weighted by molar-refractivity contribution is -0.910. The molecule has 0 aromatic heterocycles. The minimum Gasteiger partial charge on any atom is -1.00 e. The van der Waals surface area contributed by atoms with Gasteiger partial charge in [-0.1, -0.05) is 6.07 Å². The van der Waals surface area contributed by atoms with E-state index < -0.39 is 0 Å². The Morgan fingerprint density at radius 2 is 2.10 bits per heavy atom. The first-order chi connectivity index (χ1) is 9.69. The molecule has 0 amide bonds. The van der Waals surface area contributed by atoms with E-state index in [1.54, 1.807) is 31.4 Å². The largest absolute Gasteiger partial charge is 1.00 e. The van der Waals surface area contributed by atoms with Crippen molar-refractivity contribution >= 4 is 5.97 Å². The highest BCUT2D eigenvalue weighted by atomic mass is 35.5. The smallest absolute Gasteiger partial charge is 0.338 e. The van der Waals surface area contributed by atoms with Crippen LogP contribution in [0.5, 0.6) is 5.75 Å². The zero-order valence-electron chi connectivity index (χ0n) is 12.4. The monoisotopic (exact) mass is 315 g/mol. The predicted octanol–water partition coefficient (Wildman–Crippen LogP) is -2.84. The number of quaternary nitrogens is 1. The van der Waals surface area contributed by atoms with Crippen LogP contribution in [-0.4, -0.2) is 52.0 Å². The van der Waals surface area contributed by atoms with Crippen molar-refractivity contribution in [3.8, 4) is 5.75 Å². The van der Waals surface area contributed by atoms with Gasteiger partial charge in [0.25, 0.3) is 0 Å². The Balaban J connectivity index is 0.00000220. The number of carbonyl (C=O) groups excluding carboxylic acids is 1. The molecule has 1 aliphatic rings. The third-order valence-corrected chi connectivity index (χ3v) is 3.39. The quantitative estimate of drug-likeness (QED) is 0.595. The molecule has 1 N–H and O–H groups in total. The van der Waals surface area contributed by atoms with Gasteiger partial charge in [-0.05, 0) is 25.1 Å². The summed E-state index contributed by atoms with van der Waals surface area (Å²) >= 11 is 0. The fourth-order valence-corrected chi connectivity index (χ4v) is 2.31. The van der Waals surface area contributed by atoms with Crippen LogP contribution in [0, 0.1) is 0 Å². The predicted molar refractivity (Wildman–Crippen MR) is 74.3 cm³/mol. The number of hydrogen-bond donors (Lipinski definition) is 1. The Kier molecular flexibility index (Phi) is 7.50. The second-order valence-corrected chi connectivity index (χ2v) is 5.01. The first kappa shape index (κ1) is 17.8. The maximum absolute atomic E-state index is 12.1. The molecule has 1 aromatic carbocycles. The first-order valence-corrected chi connectivity index (χ1v) is 6.95. The van der Waals surface area contributed by atoms with Gasteiger partial charge in [0, 0.05) is 0 Å². The van der Waals surface area contributed by atoms with Crippen LogP contribution in [0.15, 0.2) is 24.3 Å². The van der Waals surface area contributed by atoms with E-state index in [9.17, 15) is 4.79 Å². The molecular formula is C15H22ClNO4. The summed E-state index contributed by atoms with van der Waals surface area (Å²) in [6, 6.07) is 7.02. The fraction of sp³-hybridized carbons (Fsp3) is 0.533. The number of benzene rings is 1. The maximum atomic E-state index is 12.1. The minimum absolute atomic E-state index is 0. The molecule has 1 aliphatic heterocycles. The fourth-order valence-electron chi connectivity index (χ4n) is 2.31. The van der Waals surface area contributed by atoms with E-state index in [1.807, 2.05) is 6.92 Å². The highest BCUT2D eigenvalue weighted by Gasteiger charge is 2.20. The second-order valence-electron chi connectivity index (χ2n) is 5.01. The molecule has 0 bridgehead atoms. The van der Waals surface area contributed by atoms with Gasteiger partial charge in [0.2, 0.25) is 0 Å². The first-order valence-electron chi connectivity index (χ1n) is 6.95. The number of ether oxygens (including phenoxy) is 3. The number of hydrogen-bond acceptors (Lipinski definition) is 4. The number of nitrogens with one attached hydrogen (secondary N) is 1. The van der Waals surface area contributed by atoms with Crippen LogP contribution in [0.25, 0.3) is 0 Å². The van der Waals surface area contributed by atoms with Crippen LogP contribution in [-0.2, 0) is 9.47 Å². The van der Waals surface area contributed by atoms with Gasteiger partial charge in [0.1, 0.15) is 31.5 Å². The average Bonchev–Trinajstić information content (AvgIpc) is 2.48. The molecule has 1 fully saturated rings. The Labute approximate surface area is 131 Å². The molecule has 2 rings (SSSR count). The molecule has 5 nitrogen and oxygen atoms in total. The number of rotatable bonds is 5. The summed E-state index contributed by atoms with van der Waals surface area (Å²) in [5.41, 5.74) is 0.521. The van der Waals surface area contributed by atoms with Crippen LogP contribution < -0.4 is 22.0 Å². The van der Waals surface area contributed by atoms with E-state index in [0.29, 0.717) is 11.3 Å². The van der Waals surface area contributed by atoms with E-state index >= 15 is 0 Å². The third-order valence-electron chi connectivity index (χ3n) is 3.39. The van der Waals surface area contributed by atoms with Crippen molar-refractivity contribution in [3.05, 3.63) is 29.8 Å². The normalized spacial score (nSPS) is 16.7. The van der Waals surface area contributed by atoms with Crippen molar-refractivity contribution < 1.29 is 36.3 Å². The summed E-state index contributed by atoms with van der Waals surface area (Å²) in [5, 5.41) is 0. The van der Waals surface area contributed by atoms with Crippen LogP contribution in [0.4, 0.5) is 0 Å². The van der Waals surface area contributed by atoms with Crippen LogP contribution in [0.2, 0.25) is 0 Å². The van der Waals surface area contributed by atoms with Crippen molar-refractivity contribution in [3.63, 3.8) is 0 Å². The zero-order chi connectivity index (χ0) is 14.4. The van der Waals surface area contributed by atoms with Crippen molar-refractivity contribution in [2.75, 3.05) is 40.0 Å². The Morgan fingerprint density at radius 1 is 1.38 bits per heavy atom. The summed E-state index contributed by atoms with van der Waals surface area (Å²) in [4.78, 5) is 13.5. The van der Waals surface area contributed by atoms with Crippen LogP contribution in [0.1, 0.15) is 17.3 Å². The number of carbonyl (C=O) groups is 1. The Hall–Kier alpha value is -1.30. The van der Waals surface area contributed by atoms with Crippen molar-refractivity contribution in [1.29, 1.82) is 0 Å². The summed E-state index contributed by atoms with van der Waals surface area (Å²) in [5.74, 6) is 0.356. The summed E-state index contributed by atoms with van der Waals surface area (Å²) < 4.78 is 15.9. The highest BCUT2D eigenvalue weighted by molar-refractivity contribution is 5.89. The highest BCUT2D eigenvalue weighted by Crippen LogP contribution is 2.13. The lowest BCUT2D eigenvalue weighted by atomic mass is 10.2. The molecule has 118 valence electrons. The molecule has 1 aromatic rings. The van der Waals surface area contributed by atoms with E-state index in [1.165, 1.54) is 4.90 Å². The van der Waals surface area contributed by atoms with E-state index in [4.69, 9.17) is 14.2 Å². The molecule has 1 atom stereocenters. The molecule has 6 heteroatoms. The van der Waals surface area contributed by atoms with Gasteiger partial charge in [0.05, 0.1) is 25.9 Å². The van der Waals surface area contributed by atoms with Crippen molar-refractivity contribution in [1.82, 2.24) is 0 Å². The van der Waals surface area contributed by atoms with E-state index in [2.05, 4.69) is 0 Å². The summed E-state index contributed by atoms with van der Waals surface area (Å²) in [7, 11) is 1.58. The lowest BCUT2D eigenvalue weighted by Gasteiger charge is -2.26. The summed E-state index contributed by atoms with van der Waals surface area (Å²) in [6.45, 7) is 6.26. The molecule has 1 heterocycles. The second kappa shape index (κ2) is 8.87. The standard InChI is InChI=1S/C15H21NO4.ClH/c1-12(11-16-6-8-19-9-7-16)20-15(17)13-4-3-5-14(10-13)18-2;/h3-5,10,12H,6-9,11H2,1-2H3;1H. The topological polar surface area (TPSA) is 49.2 Å². The van der Waals surface area contributed by atoms with Crippen LogP contribution >= 0.6 is 0 Å². The minimum atomic E-state index is -0.302. The number of morpholine rings is 1. The van der Waals surface area contributed by atoms with Gasteiger partial charge in [-0.2, -0.15) is 0 Å². The molecule has 0 aliphatic carbocycles. The zero-order valence-corrected chi connectivity index (χ0v) is 13.2. The average molecular weight is 316 g/mol. The van der Waals surface area contributed by atoms with E-state index in [0.717, 1.165) is 32.8 Å². The van der Waals surface area contributed by atoms with Gasteiger partial charge in [-0.15, -0.1) is 0 Å². The molecule has 0 saturated carbocycles. The maximum Gasteiger partial charge on any atom is 0.338 e. The number of methoxy groups -OCH3 is 1. The van der Waals surface area contributed by atoms with Gasteiger partial charge < -0.3 is 31.5 Å². The molecule has 0 spiro atoms. The number of halogens is 1. The molecule has 21 heavy (non-hydrogen) atoms. The van der Waals surface area contributed by atoms with Gasteiger partial charge in [-0.3, -0.25) is 0 Å². The molecule has 1 unspecified atom stereocenters. The molecule has 1 saturated heterocycles. The van der Waals surface area contributed by atoms with Crippen molar-refractivity contribution in [2.45, 2.75) is 13.0 Å². The Bertz CT molecular complexity index is 449. The number of esters is 1. The molecule has 0 radical (unpaired) electrons. The van der Waals surface area contributed by atoms with Crippen LogP contribution in [0.3, 0.4) is 0 Å². The summed E-state index contributed by atoms with van der Waals surface area (Å²) in [6.07, 6.45) is -0.109. The molecular weight excluding hydrogens is 294 g/mol.